The van der Waals surface area contributed by atoms with E-state index >= 15 is 0 Å². The minimum absolute atomic E-state index is 0.00242. The maximum atomic E-state index is 13.3. The number of amides is 4. The van der Waals surface area contributed by atoms with Crippen LogP contribution >= 0.6 is 11.8 Å². The van der Waals surface area contributed by atoms with E-state index in [1.165, 1.54) is 6.08 Å². The van der Waals surface area contributed by atoms with Crippen LogP contribution in [0, 0.1) is 0 Å². The monoisotopic (exact) mass is 610 g/mol. The molecule has 3 aliphatic rings. The number of benzene rings is 1. The first-order valence-electron chi connectivity index (χ1n) is 12.9. The number of nitrogens with zero attached hydrogens (tertiary/aromatic N) is 2. The molecule has 0 aliphatic carbocycles. The summed E-state index contributed by atoms with van der Waals surface area (Å²) in [5.41, 5.74) is -0.703. The average molecular weight is 611 g/mol. The number of rotatable bonds is 7. The Bertz CT molecular complexity index is 1360. The van der Waals surface area contributed by atoms with Crippen LogP contribution in [0.15, 0.2) is 53.3 Å². The fraction of sp³-hybridized carbons (Fsp3) is 0.444. The lowest BCUT2D eigenvalue weighted by Gasteiger charge is -2.49. The van der Waals surface area contributed by atoms with Crippen LogP contribution in [0.4, 0.5) is 18.0 Å². The van der Waals surface area contributed by atoms with Crippen molar-refractivity contribution in [3.05, 3.63) is 58.8 Å². The molecule has 0 spiro atoms. The van der Waals surface area contributed by atoms with Gasteiger partial charge in [0.1, 0.15) is 35.3 Å². The first-order chi connectivity index (χ1) is 19.6. The highest BCUT2D eigenvalue weighted by Crippen LogP contribution is 2.41. The summed E-state index contributed by atoms with van der Waals surface area (Å²) in [7, 11) is 0. The van der Waals surface area contributed by atoms with Gasteiger partial charge in [0.25, 0.3) is 5.91 Å². The van der Waals surface area contributed by atoms with Crippen LogP contribution in [-0.2, 0) is 23.9 Å². The van der Waals surface area contributed by atoms with Crippen molar-refractivity contribution in [1.29, 1.82) is 0 Å². The van der Waals surface area contributed by atoms with Crippen LogP contribution in [0.25, 0.3) is 0 Å². The van der Waals surface area contributed by atoms with E-state index in [0.29, 0.717) is 10.5 Å². The number of carbonyl (C=O) groups excluding carboxylic acids is 4. The van der Waals surface area contributed by atoms with E-state index in [0.717, 1.165) is 16.7 Å². The maximum absolute atomic E-state index is 13.3. The number of hydrogen-bond donors (Lipinski definition) is 3. The molecule has 1 aromatic rings. The molecular weight excluding hydrogens is 581 g/mol. The number of alkyl halides is 3. The van der Waals surface area contributed by atoms with E-state index in [1.54, 1.807) is 51.1 Å². The molecule has 0 bridgehead atoms. The first kappa shape index (κ1) is 30.9. The average Bonchev–Trinajstić information content (AvgIpc) is 3.21. The number of carboxylic acid groups (broad SMARTS) is 1. The van der Waals surface area contributed by atoms with Gasteiger partial charge in [0.05, 0.1) is 0 Å². The van der Waals surface area contributed by atoms with Gasteiger partial charge in [-0.15, -0.1) is 11.8 Å². The second kappa shape index (κ2) is 11.7. The summed E-state index contributed by atoms with van der Waals surface area (Å²) in [5.74, 6) is -3.73. The highest BCUT2D eigenvalue weighted by atomic mass is 32.2. The molecule has 0 aromatic heterocycles. The maximum Gasteiger partial charge on any atom is 0.408 e. The van der Waals surface area contributed by atoms with Crippen molar-refractivity contribution in [2.24, 2.45) is 0 Å². The molecule has 3 aliphatic heterocycles. The van der Waals surface area contributed by atoms with Gasteiger partial charge in [0.15, 0.2) is 0 Å². The molecule has 226 valence electrons. The summed E-state index contributed by atoms with van der Waals surface area (Å²) in [6.07, 6.45) is -4.20. The highest BCUT2D eigenvalue weighted by molar-refractivity contribution is 8.00. The Morgan fingerprint density at radius 3 is 2.43 bits per heavy atom. The van der Waals surface area contributed by atoms with E-state index in [9.17, 15) is 42.3 Å². The molecule has 3 heterocycles. The lowest BCUT2D eigenvalue weighted by atomic mass is 10.00. The van der Waals surface area contributed by atoms with Gasteiger partial charge in [-0.05, 0) is 44.4 Å². The van der Waals surface area contributed by atoms with E-state index in [4.69, 9.17) is 4.74 Å². The zero-order valence-electron chi connectivity index (χ0n) is 22.9. The Balaban J connectivity index is 1.52. The number of thioether (sulfide) groups is 1. The number of hydrogen-bond acceptors (Lipinski definition) is 7. The number of halogens is 3. The zero-order valence-corrected chi connectivity index (χ0v) is 23.7. The Morgan fingerprint density at radius 1 is 1.17 bits per heavy atom. The van der Waals surface area contributed by atoms with Gasteiger partial charge in [0.2, 0.25) is 11.8 Å². The number of alkyl carbamates (subject to hydrolysis) is 1. The molecule has 0 saturated carbocycles. The van der Waals surface area contributed by atoms with Crippen molar-refractivity contribution in [2.75, 3.05) is 18.8 Å². The third kappa shape index (κ3) is 6.89. The molecule has 4 amide bonds. The molecule has 3 atom stereocenters. The Morgan fingerprint density at radius 2 is 1.83 bits per heavy atom. The van der Waals surface area contributed by atoms with Crippen LogP contribution in [0.1, 0.15) is 38.8 Å². The summed E-state index contributed by atoms with van der Waals surface area (Å²) in [4.78, 5) is 65.2. The summed E-state index contributed by atoms with van der Waals surface area (Å²) in [6.45, 7) is 3.40. The van der Waals surface area contributed by atoms with E-state index < -0.39 is 71.3 Å². The number of nitrogens with one attached hydrogen (secondary N) is 2. The minimum atomic E-state index is -4.57. The second-order valence-electron chi connectivity index (χ2n) is 10.8. The largest absolute Gasteiger partial charge is 0.477 e. The minimum Gasteiger partial charge on any atom is -0.477 e. The molecule has 3 N–H and O–H groups in total. The van der Waals surface area contributed by atoms with Gasteiger partial charge in [-0.25, -0.2) is 9.59 Å². The Kier molecular flexibility index (Phi) is 8.62. The number of fused-ring (bicyclic) bond motifs is 1. The van der Waals surface area contributed by atoms with Crippen LogP contribution in [-0.4, -0.2) is 86.7 Å². The van der Waals surface area contributed by atoms with Crippen molar-refractivity contribution >= 4 is 41.5 Å². The number of allylic oxidation sites excluding steroid dienone is 1. The van der Waals surface area contributed by atoms with E-state index in [1.807, 2.05) is 0 Å². The molecule has 1 aromatic carbocycles. The van der Waals surface area contributed by atoms with Crippen molar-refractivity contribution in [2.45, 2.75) is 56.4 Å². The van der Waals surface area contributed by atoms with Crippen LogP contribution < -0.4 is 10.6 Å². The molecule has 2 saturated heterocycles. The van der Waals surface area contributed by atoms with Crippen LogP contribution in [0.2, 0.25) is 0 Å². The quantitative estimate of drug-likeness (QED) is 0.316. The molecule has 15 heteroatoms. The van der Waals surface area contributed by atoms with Gasteiger partial charge in [-0.1, -0.05) is 30.3 Å². The number of carbonyl (C=O) groups is 5. The van der Waals surface area contributed by atoms with Crippen molar-refractivity contribution < 1.29 is 47.0 Å². The van der Waals surface area contributed by atoms with Gasteiger partial charge in [-0.2, -0.15) is 13.2 Å². The topological polar surface area (TPSA) is 145 Å². The van der Waals surface area contributed by atoms with Crippen molar-refractivity contribution in [3.63, 3.8) is 0 Å². The Labute approximate surface area is 243 Å². The van der Waals surface area contributed by atoms with E-state index in [2.05, 4.69) is 10.6 Å². The predicted molar refractivity (Wildman–Crippen MR) is 144 cm³/mol. The molecule has 0 radical (unpaired) electrons. The van der Waals surface area contributed by atoms with Crippen molar-refractivity contribution in [1.82, 2.24) is 20.4 Å². The Hall–Kier alpha value is -4.01. The molecular formula is C27H29F3N4O7S. The smallest absolute Gasteiger partial charge is 0.408 e. The zero-order chi connectivity index (χ0) is 31.0. The summed E-state index contributed by atoms with van der Waals surface area (Å²) in [5, 5.41) is 14.2. The van der Waals surface area contributed by atoms with E-state index in [-0.39, 0.29) is 29.9 Å². The highest BCUT2D eigenvalue weighted by Gasteiger charge is 2.54. The van der Waals surface area contributed by atoms with Crippen LogP contribution in [0.5, 0.6) is 0 Å². The fourth-order valence-electron chi connectivity index (χ4n) is 4.74. The standard InChI is InChI=1S/C27H29F3N4O7S/c1-26(2,3)41-25(40)32-17(14-7-5-4-6-8-14)20(35)31-18-22(37)34-19(24(38)39)16(12-42-23(18)34)11-15-9-10-33(21(15)36)13-27(28,29)30/h4-8,11,17-18,23H,9-10,12-13H2,1-3H3,(H,31,35)(H,32,40)(H,38,39)/t17-,18-,23-/m1/s1. The summed E-state index contributed by atoms with van der Waals surface area (Å²) >= 11 is 1.13. The summed E-state index contributed by atoms with van der Waals surface area (Å²) in [6, 6.07) is 5.92. The fourth-order valence-corrected chi connectivity index (χ4v) is 6.05. The van der Waals surface area contributed by atoms with Crippen molar-refractivity contribution in [3.8, 4) is 0 Å². The van der Waals surface area contributed by atoms with Gasteiger partial charge >= 0.3 is 18.2 Å². The molecule has 2 fully saturated rings. The second-order valence-corrected chi connectivity index (χ2v) is 11.9. The number of β-lactam (4-membered cyclic amide) rings is 1. The lowest BCUT2D eigenvalue weighted by Crippen LogP contribution is -2.71. The number of likely N-dealkylation sites (tertiary alicyclic amines) is 1. The van der Waals surface area contributed by atoms with Gasteiger partial charge < -0.3 is 25.4 Å². The van der Waals surface area contributed by atoms with Gasteiger partial charge in [-0.3, -0.25) is 19.3 Å². The SMILES string of the molecule is CC(C)(C)OC(=O)N[C@@H](C(=O)N[C@@H]1C(=O)N2C(C(=O)O)=C(C=C3CCN(CC(F)(F)F)C3=O)CS[C@H]12)c1ccccc1. The molecule has 4 rings (SSSR count). The number of aliphatic carboxylic acids is 1. The number of ether oxygens (including phenoxy) is 1. The molecule has 0 unspecified atom stereocenters. The van der Waals surface area contributed by atoms with Gasteiger partial charge in [0, 0.05) is 17.9 Å². The third-order valence-corrected chi connectivity index (χ3v) is 7.79. The molecule has 42 heavy (non-hydrogen) atoms. The summed E-state index contributed by atoms with van der Waals surface area (Å²) < 4.78 is 43.6. The molecule has 11 nitrogen and oxygen atoms in total. The lowest BCUT2D eigenvalue weighted by molar-refractivity contribution is -0.156. The normalized spacial score (nSPS) is 22.5. The first-order valence-corrected chi connectivity index (χ1v) is 13.9. The number of carboxylic acids is 1. The third-order valence-electron chi connectivity index (χ3n) is 6.49. The predicted octanol–water partition coefficient (Wildman–Crippen LogP) is 2.71. The van der Waals surface area contributed by atoms with Crippen LogP contribution in [0.3, 0.4) is 0 Å².